The molecule has 0 aromatic heterocycles. The van der Waals surface area contributed by atoms with Crippen molar-refractivity contribution in [2.24, 2.45) is 0 Å². The Hall–Kier alpha value is 0.0631. The Labute approximate surface area is 121 Å². The zero-order valence-electron chi connectivity index (χ0n) is 12.2. The Balaban J connectivity index is 4.72. The molecule has 0 spiro atoms. The van der Waals surface area contributed by atoms with Gasteiger partial charge in [0.25, 0.3) is 0 Å². The van der Waals surface area contributed by atoms with Gasteiger partial charge < -0.3 is 0 Å². The van der Waals surface area contributed by atoms with Crippen molar-refractivity contribution in [1.82, 2.24) is 0 Å². The molecule has 0 aromatic rings. The third-order valence-corrected chi connectivity index (χ3v) is 9.21. The molecule has 0 bridgehead atoms. The van der Waals surface area contributed by atoms with Gasteiger partial charge in [-0.05, 0) is 0 Å². The molecule has 112 valence electrons. The summed E-state index contributed by atoms with van der Waals surface area (Å²) in [5.41, 5.74) is 0. The summed E-state index contributed by atoms with van der Waals surface area (Å²) in [6, 6.07) is 0. The molecular weight excluding hydrogens is 331 g/mol. The van der Waals surface area contributed by atoms with Gasteiger partial charge in [-0.2, -0.15) is 0 Å². The van der Waals surface area contributed by atoms with Gasteiger partial charge in [0.2, 0.25) is 0 Å². The number of hydrogen-bond donors (Lipinski definition) is 0. The van der Waals surface area contributed by atoms with E-state index < -0.39 is 21.6 Å². The third-order valence-electron chi connectivity index (χ3n) is 2.17. The van der Waals surface area contributed by atoms with E-state index in [2.05, 4.69) is 0 Å². The number of carbonyl (C=O) groups is 2. The van der Waals surface area contributed by atoms with E-state index in [-0.39, 0.29) is 22.3 Å². The maximum atomic E-state index is 12.3. The van der Waals surface area contributed by atoms with Crippen LogP contribution >= 0.6 is 0 Å². The zero-order chi connectivity index (χ0) is 14.7. The average molecular weight is 356 g/mol. The third kappa shape index (κ3) is 6.86. The fraction of sp³-hybridized carbons (Fsp3) is 0.833. The Morgan fingerprint density at radius 3 is 1.68 bits per heavy atom. The van der Waals surface area contributed by atoms with Crippen LogP contribution in [-0.2, 0) is 44.4 Å². The number of hydrogen-bond acceptors (Lipinski definition) is 6. The molecule has 6 nitrogen and oxygen atoms in total. The molecule has 7 heteroatoms. The zero-order valence-corrected chi connectivity index (χ0v) is 14.7. The van der Waals surface area contributed by atoms with Gasteiger partial charge >= 0.3 is 121 Å². The molecule has 0 aliphatic heterocycles. The number of ether oxygens (including phenoxy) is 1. The summed E-state index contributed by atoms with van der Waals surface area (Å²) in [6.07, 6.45) is -0.240. The van der Waals surface area contributed by atoms with Crippen molar-refractivity contribution in [3.63, 3.8) is 0 Å². The molecule has 0 aliphatic carbocycles. The molecule has 0 radical (unpaired) electrons. The van der Waals surface area contributed by atoms with E-state index in [0.29, 0.717) is 26.4 Å². The molecule has 0 saturated carbocycles. The first-order chi connectivity index (χ1) is 9.06. The molecule has 0 aromatic carbocycles. The second kappa shape index (κ2) is 10.8. The average Bonchev–Trinajstić information content (AvgIpc) is 2.37. The van der Waals surface area contributed by atoms with E-state index >= 15 is 0 Å². The number of Topliss-reactive ketones (excluding diaryl/α,β-unsaturated/α-hetero) is 1. The van der Waals surface area contributed by atoms with Crippen molar-refractivity contribution < 1.29 is 44.4 Å². The van der Waals surface area contributed by atoms with Gasteiger partial charge in [-0.1, -0.05) is 0 Å². The first kappa shape index (κ1) is 19.1. The van der Waals surface area contributed by atoms with Crippen molar-refractivity contribution in [2.75, 3.05) is 33.0 Å². The van der Waals surface area contributed by atoms with E-state index in [9.17, 15) is 9.59 Å². The molecule has 0 saturated heterocycles. The van der Waals surface area contributed by atoms with E-state index in [1.54, 1.807) is 27.7 Å². The molecule has 0 atom stereocenters. The van der Waals surface area contributed by atoms with Crippen molar-refractivity contribution in [3.8, 4) is 0 Å². The molecule has 0 aliphatic rings. The Kier molecular flexibility index (Phi) is 10.8. The van der Waals surface area contributed by atoms with Gasteiger partial charge in [0.15, 0.2) is 0 Å². The Bertz CT molecular complexity index is 264. The molecule has 19 heavy (non-hydrogen) atoms. The normalized spacial score (nSPS) is 11.6. The molecule has 0 N–H and O–H groups in total. The molecule has 0 unspecified atom stereocenters. The van der Waals surface area contributed by atoms with Crippen LogP contribution in [0.25, 0.3) is 0 Å². The first-order valence-corrected chi connectivity index (χ1v) is 10.8. The summed E-state index contributed by atoms with van der Waals surface area (Å²) in [7, 11) is 0. The van der Waals surface area contributed by atoms with Crippen LogP contribution < -0.4 is 0 Å². The summed E-state index contributed by atoms with van der Waals surface area (Å²) in [5, 5.41) is 0. The summed E-state index contributed by atoms with van der Waals surface area (Å²) >= 11 is -4.26. The van der Waals surface area contributed by atoms with Gasteiger partial charge in [-0.15, -0.1) is 0 Å². The van der Waals surface area contributed by atoms with Gasteiger partial charge in [-0.25, -0.2) is 0 Å². The van der Waals surface area contributed by atoms with E-state index in [4.69, 9.17) is 13.2 Å². The quantitative estimate of drug-likeness (QED) is 0.494. The number of ketones is 1. The monoisotopic (exact) mass is 354 g/mol. The fourth-order valence-corrected chi connectivity index (χ4v) is 7.11. The minimum absolute atomic E-state index is 0.0609. The van der Waals surface area contributed by atoms with Crippen LogP contribution in [0.1, 0.15) is 34.1 Å². The number of carbonyl (C=O) groups excluding carboxylic acids is 2. The van der Waals surface area contributed by atoms with Crippen molar-refractivity contribution >= 4 is 9.27 Å². The van der Waals surface area contributed by atoms with E-state index in [0.717, 1.165) is 0 Å². The fourth-order valence-electron chi connectivity index (χ4n) is 1.49. The summed E-state index contributed by atoms with van der Waals surface area (Å²) in [6.45, 7) is 8.51. The summed E-state index contributed by atoms with van der Waals surface area (Å²) in [5.74, 6) is -0.271. The van der Waals surface area contributed by atoms with Crippen LogP contribution in [0.3, 0.4) is 0 Å². The second-order valence-electron chi connectivity index (χ2n) is 3.63. The van der Waals surface area contributed by atoms with Crippen LogP contribution in [0, 0.1) is 0 Å². The van der Waals surface area contributed by atoms with Crippen LogP contribution in [0.15, 0.2) is 0 Å². The molecule has 0 amide bonds. The SMILES string of the molecule is CCOCC(=O)C[C](=O)[Zr]([O]CC)([O]CC)[O]CC. The predicted octanol–water partition coefficient (Wildman–Crippen LogP) is 1.52. The van der Waals surface area contributed by atoms with Crippen LogP contribution in [0.2, 0.25) is 0 Å². The van der Waals surface area contributed by atoms with Crippen molar-refractivity contribution in [1.29, 1.82) is 0 Å². The molecular formula is C12H24O6Zr. The van der Waals surface area contributed by atoms with Crippen LogP contribution in [0.5, 0.6) is 0 Å². The van der Waals surface area contributed by atoms with E-state index in [1.165, 1.54) is 0 Å². The maximum absolute atomic E-state index is 12.3. The van der Waals surface area contributed by atoms with Gasteiger partial charge in [0, 0.05) is 0 Å². The van der Waals surface area contributed by atoms with Crippen LogP contribution in [-0.4, -0.2) is 42.3 Å². The predicted molar refractivity (Wildman–Crippen MR) is 66.0 cm³/mol. The van der Waals surface area contributed by atoms with Crippen LogP contribution in [0.4, 0.5) is 0 Å². The molecule has 0 heterocycles. The molecule has 0 rings (SSSR count). The number of rotatable bonds is 12. The Morgan fingerprint density at radius 1 is 0.842 bits per heavy atom. The first-order valence-electron chi connectivity index (χ1n) is 6.60. The van der Waals surface area contributed by atoms with Gasteiger partial charge in [-0.3, -0.25) is 0 Å². The van der Waals surface area contributed by atoms with Gasteiger partial charge in [0.1, 0.15) is 0 Å². The van der Waals surface area contributed by atoms with Crippen molar-refractivity contribution in [2.45, 2.75) is 34.1 Å². The second-order valence-corrected chi connectivity index (χ2v) is 9.86. The topological polar surface area (TPSA) is 71.1 Å². The molecule has 0 fully saturated rings. The van der Waals surface area contributed by atoms with E-state index in [1.807, 2.05) is 0 Å². The summed E-state index contributed by atoms with van der Waals surface area (Å²) < 4.78 is 21.2. The van der Waals surface area contributed by atoms with Gasteiger partial charge in [0.05, 0.1) is 0 Å². The summed E-state index contributed by atoms with van der Waals surface area (Å²) in [4.78, 5) is 23.8. The minimum atomic E-state index is -4.26. The standard InChI is InChI=1S/C6H9O3.3C2H5O.Zr/c1-2-9-5-6(8)3-4-7;3*1-2-3;/h2-3,5H2,1H3;3*2H2,1H3;/q;3*-1;+3. The van der Waals surface area contributed by atoms with Crippen molar-refractivity contribution in [3.05, 3.63) is 0 Å². The Morgan fingerprint density at radius 2 is 1.32 bits per heavy atom.